The second kappa shape index (κ2) is 9.72. The van der Waals surface area contributed by atoms with Crippen LogP contribution < -0.4 is 0 Å². The molecule has 1 aliphatic rings. The molecule has 0 atom stereocenters. The van der Waals surface area contributed by atoms with Gasteiger partial charge in [-0.3, -0.25) is 14.4 Å². The fourth-order valence-electron chi connectivity index (χ4n) is 3.52. The van der Waals surface area contributed by atoms with Gasteiger partial charge in [0.05, 0.1) is 24.7 Å². The maximum Gasteiger partial charge on any atom is 0.222 e. The molecule has 2 rings (SSSR count). The maximum atomic E-state index is 12.6. The number of amides is 1. The summed E-state index contributed by atoms with van der Waals surface area (Å²) in [5.74, 6) is 0.979. The third-order valence-corrected chi connectivity index (χ3v) is 5.30. The topological polar surface area (TPSA) is 65.2 Å². The molecule has 0 N–H and O–H groups in total. The van der Waals surface area contributed by atoms with Gasteiger partial charge >= 0.3 is 0 Å². The van der Waals surface area contributed by atoms with Crippen molar-refractivity contribution in [3.8, 4) is 6.07 Å². The van der Waals surface area contributed by atoms with Crippen LogP contribution in [0.3, 0.4) is 0 Å². The Morgan fingerprint density at radius 2 is 1.88 bits per heavy atom. The molecule has 6 nitrogen and oxygen atoms in total. The predicted molar refractivity (Wildman–Crippen MR) is 103 cm³/mol. The normalized spacial score (nSPS) is 15.5. The second-order valence-electron chi connectivity index (χ2n) is 7.69. The number of hydrogen-bond donors (Lipinski definition) is 0. The molecular weight excluding hydrogens is 326 g/mol. The van der Waals surface area contributed by atoms with Gasteiger partial charge in [0, 0.05) is 38.3 Å². The number of aromatic nitrogens is 2. The smallest absolute Gasteiger partial charge is 0.222 e. The first-order valence-electron chi connectivity index (χ1n) is 9.82. The zero-order chi connectivity index (χ0) is 19.1. The van der Waals surface area contributed by atoms with E-state index in [0.29, 0.717) is 19.4 Å². The van der Waals surface area contributed by atoms with Gasteiger partial charge in [0.15, 0.2) is 0 Å². The molecule has 144 valence electrons. The van der Waals surface area contributed by atoms with Crippen molar-refractivity contribution < 1.29 is 4.79 Å². The highest BCUT2D eigenvalue weighted by molar-refractivity contribution is 5.76. The minimum Gasteiger partial charge on any atom is -0.340 e. The van der Waals surface area contributed by atoms with Gasteiger partial charge in [0.2, 0.25) is 5.91 Å². The van der Waals surface area contributed by atoms with Crippen LogP contribution in [0.25, 0.3) is 0 Å². The molecule has 0 aromatic carbocycles. The highest BCUT2D eigenvalue weighted by Gasteiger charge is 2.21. The monoisotopic (exact) mass is 359 g/mol. The third-order valence-electron chi connectivity index (χ3n) is 5.30. The van der Waals surface area contributed by atoms with Gasteiger partial charge in [-0.2, -0.15) is 10.4 Å². The van der Waals surface area contributed by atoms with Gasteiger partial charge < -0.3 is 4.90 Å². The van der Waals surface area contributed by atoms with Crippen molar-refractivity contribution in [2.75, 3.05) is 32.7 Å². The molecule has 1 aromatic heterocycles. The predicted octanol–water partition coefficient (Wildman–Crippen LogP) is 2.54. The molecule has 0 aliphatic carbocycles. The van der Waals surface area contributed by atoms with E-state index in [0.717, 1.165) is 62.0 Å². The molecule has 1 fully saturated rings. The van der Waals surface area contributed by atoms with E-state index in [2.05, 4.69) is 29.9 Å². The summed E-state index contributed by atoms with van der Waals surface area (Å²) in [7, 11) is 0. The number of hydrogen-bond acceptors (Lipinski definition) is 4. The first kappa shape index (κ1) is 20.4. The summed E-state index contributed by atoms with van der Waals surface area (Å²) in [6, 6.07) is 2.16. The number of nitrogens with zero attached hydrogens (tertiary/aromatic N) is 5. The van der Waals surface area contributed by atoms with Crippen LogP contribution in [0, 0.1) is 31.1 Å². The van der Waals surface area contributed by atoms with E-state index in [-0.39, 0.29) is 5.91 Å². The minimum absolute atomic E-state index is 0.247. The number of carbonyl (C=O) groups is 1. The summed E-state index contributed by atoms with van der Waals surface area (Å²) in [5, 5.41) is 13.3. The lowest BCUT2D eigenvalue weighted by Crippen LogP contribution is -2.49. The SMILES string of the molecule is Cc1nn(CCC#N)c(C)c1CCC(=O)N1CCN(CCC(C)C)CC1. The van der Waals surface area contributed by atoms with Crippen LogP contribution in [0.5, 0.6) is 0 Å². The Morgan fingerprint density at radius 3 is 2.50 bits per heavy atom. The van der Waals surface area contributed by atoms with Crippen LogP contribution >= 0.6 is 0 Å². The molecule has 1 aromatic rings. The van der Waals surface area contributed by atoms with E-state index in [1.54, 1.807) is 0 Å². The first-order chi connectivity index (χ1) is 12.4. The molecule has 0 spiro atoms. The van der Waals surface area contributed by atoms with Crippen LogP contribution in [0.2, 0.25) is 0 Å². The Balaban J connectivity index is 1.81. The first-order valence-corrected chi connectivity index (χ1v) is 9.82. The maximum absolute atomic E-state index is 12.6. The van der Waals surface area contributed by atoms with Crippen molar-refractivity contribution in [1.29, 1.82) is 5.26 Å². The highest BCUT2D eigenvalue weighted by atomic mass is 16.2. The highest BCUT2D eigenvalue weighted by Crippen LogP contribution is 2.17. The summed E-state index contributed by atoms with van der Waals surface area (Å²) in [4.78, 5) is 17.1. The Bertz CT molecular complexity index is 635. The summed E-state index contributed by atoms with van der Waals surface area (Å²) < 4.78 is 1.89. The Hall–Kier alpha value is -1.87. The molecule has 0 bridgehead atoms. The van der Waals surface area contributed by atoms with Gasteiger partial charge in [0.25, 0.3) is 0 Å². The molecule has 0 saturated carbocycles. The van der Waals surface area contributed by atoms with E-state index in [1.807, 2.05) is 23.4 Å². The lowest BCUT2D eigenvalue weighted by atomic mass is 10.1. The van der Waals surface area contributed by atoms with E-state index in [9.17, 15) is 4.79 Å². The number of carbonyl (C=O) groups excluding carboxylic acids is 1. The number of nitriles is 1. The molecule has 2 heterocycles. The largest absolute Gasteiger partial charge is 0.340 e. The van der Waals surface area contributed by atoms with Crippen LogP contribution in [0.15, 0.2) is 0 Å². The fraction of sp³-hybridized carbons (Fsp3) is 0.750. The van der Waals surface area contributed by atoms with Crippen LogP contribution in [-0.2, 0) is 17.8 Å². The lowest BCUT2D eigenvalue weighted by molar-refractivity contribution is -0.132. The average Bonchev–Trinajstić information content (AvgIpc) is 2.89. The van der Waals surface area contributed by atoms with Crippen molar-refractivity contribution >= 4 is 5.91 Å². The standard InChI is InChI=1S/C20H33N5O/c1-16(2)8-11-23-12-14-24(15-13-23)20(26)7-6-19-17(3)22-25(18(19)4)10-5-9-21/h16H,5-8,10-15H2,1-4H3. The van der Waals surface area contributed by atoms with Crippen molar-refractivity contribution in [2.45, 2.75) is 59.9 Å². The molecule has 0 radical (unpaired) electrons. The van der Waals surface area contributed by atoms with Gasteiger partial charge in [0.1, 0.15) is 0 Å². The van der Waals surface area contributed by atoms with Crippen molar-refractivity contribution in [1.82, 2.24) is 19.6 Å². The zero-order valence-electron chi connectivity index (χ0n) is 16.8. The number of piperazine rings is 1. The quantitative estimate of drug-likeness (QED) is 0.715. The van der Waals surface area contributed by atoms with E-state index >= 15 is 0 Å². The molecule has 26 heavy (non-hydrogen) atoms. The molecule has 0 unspecified atom stereocenters. The summed E-state index contributed by atoms with van der Waals surface area (Å²) in [5.41, 5.74) is 3.22. The average molecular weight is 360 g/mol. The number of rotatable bonds is 8. The molecule has 1 aliphatic heterocycles. The summed E-state index contributed by atoms with van der Waals surface area (Å²) in [6.45, 7) is 14.0. The van der Waals surface area contributed by atoms with Crippen LogP contribution in [-0.4, -0.2) is 58.2 Å². The molecule has 1 saturated heterocycles. The Morgan fingerprint density at radius 1 is 1.19 bits per heavy atom. The Kier molecular flexibility index (Phi) is 7.65. The Labute approximate surface area is 157 Å². The number of aryl methyl sites for hydroxylation is 2. The van der Waals surface area contributed by atoms with Crippen LogP contribution in [0.1, 0.15) is 50.1 Å². The summed E-state index contributed by atoms with van der Waals surface area (Å²) in [6.07, 6.45) is 2.96. The van der Waals surface area contributed by atoms with Crippen molar-refractivity contribution in [2.24, 2.45) is 5.92 Å². The van der Waals surface area contributed by atoms with Crippen molar-refractivity contribution in [3.63, 3.8) is 0 Å². The molecule has 1 amide bonds. The third kappa shape index (κ3) is 5.57. The minimum atomic E-state index is 0.247. The lowest BCUT2D eigenvalue weighted by Gasteiger charge is -2.35. The van der Waals surface area contributed by atoms with Gasteiger partial charge in [-0.15, -0.1) is 0 Å². The van der Waals surface area contributed by atoms with Gasteiger partial charge in [-0.25, -0.2) is 0 Å². The van der Waals surface area contributed by atoms with E-state index in [4.69, 9.17) is 5.26 Å². The van der Waals surface area contributed by atoms with Gasteiger partial charge in [-0.1, -0.05) is 13.8 Å². The van der Waals surface area contributed by atoms with Crippen LogP contribution in [0.4, 0.5) is 0 Å². The zero-order valence-corrected chi connectivity index (χ0v) is 16.8. The molecular formula is C20H33N5O. The van der Waals surface area contributed by atoms with E-state index in [1.165, 1.54) is 6.42 Å². The van der Waals surface area contributed by atoms with E-state index < -0.39 is 0 Å². The van der Waals surface area contributed by atoms with Crippen molar-refractivity contribution in [3.05, 3.63) is 17.0 Å². The summed E-state index contributed by atoms with van der Waals surface area (Å²) >= 11 is 0. The van der Waals surface area contributed by atoms with Gasteiger partial charge in [-0.05, 0) is 44.7 Å². The second-order valence-corrected chi connectivity index (χ2v) is 7.69. The fourth-order valence-corrected chi connectivity index (χ4v) is 3.52. The molecule has 6 heteroatoms.